The van der Waals surface area contributed by atoms with E-state index in [1.807, 2.05) is 26.0 Å². The highest BCUT2D eigenvalue weighted by atomic mass is 35.5. The van der Waals surface area contributed by atoms with Crippen molar-refractivity contribution in [2.24, 2.45) is 4.99 Å². The highest BCUT2D eigenvalue weighted by molar-refractivity contribution is 6.31. The lowest BCUT2D eigenvalue weighted by Crippen LogP contribution is -2.25. The zero-order valence-electron chi connectivity index (χ0n) is 19.5. The zero-order valence-corrected chi connectivity index (χ0v) is 20.3. The number of allylic oxidation sites excluding steroid dienone is 2. The van der Waals surface area contributed by atoms with Gasteiger partial charge in [-0.25, -0.2) is 4.98 Å². The molecule has 0 atom stereocenters. The molecule has 0 aliphatic rings. The summed E-state index contributed by atoms with van der Waals surface area (Å²) in [7, 11) is 0. The van der Waals surface area contributed by atoms with Crippen LogP contribution in [-0.2, 0) is 24.4 Å². The van der Waals surface area contributed by atoms with Crippen LogP contribution in [0.5, 0.6) is 0 Å². The number of nitrogens with two attached hydrogens (primary N) is 1. The first-order valence-corrected chi connectivity index (χ1v) is 11.2. The minimum Gasteiger partial charge on any atom is -0.392 e. The molecule has 0 saturated heterocycles. The van der Waals surface area contributed by atoms with Gasteiger partial charge in [0.2, 0.25) is 0 Å². The van der Waals surface area contributed by atoms with E-state index < -0.39 is 0 Å². The van der Waals surface area contributed by atoms with Crippen molar-refractivity contribution in [3.63, 3.8) is 0 Å². The van der Waals surface area contributed by atoms with Gasteiger partial charge in [0.15, 0.2) is 0 Å². The second-order valence-electron chi connectivity index (χ2n) is 7.96. The van der Waals surface area contributed by atoms with Gasteiger partial charge in [0.05, 0.1) is 17.1 Å². The van der Waals surface area contributed by atoms with Crippen molar-refractivity contribution in [2.45, 2.75) is 40.3 Å². The number of aliphatic hydroxyl groups is 1. The Morgan fingerprint density at radius 1 is 1.29 bits per heavy atom. The van der Waals surface area contributed by atoms with Gasteiger partial charge in [-0.05, 0) is 68.5 Å². The number of pyridine rings is 2. The number of nitrogen functional groups attached to an aromatic ring is 1. The molecule has 0 aliphatic carbocycles. The van der Waals surface area contributed by atoms with E-state index in [0.29, 0.717) is 46.2 Å². The fourth-order valence-corrected chi connectivity index (χ4v) is 4.00. The first kappa shape index (κ1) is 25.1. The first-order chi connectivity index (χ1) is 16.2. The number of nitrogens with one attached hydrogen (secondary N) is 1. The molecule has 176 valence electrons. The summed E-state index contributed by atoms with van der Waals surface area (Å²) in [5.74, 6) is 0.227. The number of fused-ring (bicyclic) bond motifs is 1. The predicted molar refractivity (Wildman–Crippen MR) is 138 cm³/mol. The number of aryl methyl sites for hydroxylation is 2. The molecule has 0 fully saturated rings. The van der Waals surface area contributed by atoms with Crippen LogP contribution < -0.4 is 11.1 Å². The molecule has 1 aromatic carbocycles. The van der Waals surface area contributed by atoms with E-state index in [4.69, 9.17) is 17.3 Å². The number of aliphatic hydroxyl groups excluding tert-OH is 1. The minimum absolute atomic E-state index is 0.152. The van der Waals surface area contributed by atoms with Gasteiger partial charge >= 0.3 is 0 Å². The van der Waals surface area contributed by atoms with Crippen molar-refractivity contribution < 1.29 is 9.90 Å². The maximum atomic E-state index is 12.9. The molecule has 1 amide bonds. The van der Waals surface area contributed by atoms with Crippen LogP contribution in [0.3, 0.4) is 0 Å². The summed E-state index contributed by atoms with van der Waals surface area (Å²) in [6.45, 7) is 9.45. The molecular formula is C26H28ClN5O2. The maximum absolute atomic E-state index is 12.9. The molecule has 4 N–H and O–H groups in total. The summed E-state index contributed by atoms with van der Waals surface area (Å²) in [6.07, 6.45) is 5.41. The van der Waals surface area contributed by atoms with Crippen LogP contribution in [0.15, 0.2) is 58.9 Å². The van der Waals surface area contributed by atoms with Crippen LogP contribution in [0.25, 0.3) is 10.9 Å². The number of benzene rings is 1. The van der Waals surface area contributed by atoms with Gasteiger partial charge in [-0.1, -0.05) is 23.7 Å². The summed E-state index contributed by atoms with van der Waals surface area (Å²) < 4.78 is 0. The van der Waals surface area contributed by atoms with Crippen molar-refractivity contribution in [1.82, 2.24) is 15.3 Å². The summed E-state index contributed by atoms with van der Waals surface area (Å²) in [5, 5.41) is 14.1. The second kappa shape index (κ2) is 11.0. The fraction of sp³-hybridized carbons (Fsp3) is 0.231. The number of aromatic nitrogens is 2. The van der Waals surface area contributed by atoms with Crippen molar-refractivity contribution in [3.05, 3.63) is 86.9 Å². The minimum atomic E-state index is -0.232. The third kappa shape index (κ3) is 5.87. The number of amides is 1. The van der Waals surface area contributed by atoms with E-state index in [1.165, 1.54) is 0 Å². The fourth-order valence-electron chi connectivity index (χ4n) is 3.84. The maximum Gasteiger partial charge on any atom is 0.251 e. The SMILES string of the molecule is C=N/C(=C\C(=C/C)C(=O)NCc1c(C)cc(N)nc1C)Cc1cc(CO)c2ncc(Cl)cc2c1. The standard InChI is InChI=1S/C26H28ClN5O2/c1-5-18(26(34)31-13-23-15(2)6-24(28)32-16(23)3)11-22(29-4)9-17-7-19-10-21(27)12-30-25(19)20(8-17)14-33/h5-8,10-12,33H,4,9,13-14H2,1-3H3,(H2,28,32)(H,31,34)/b18-5+,22-11-. The van der Waals surface area contributed by atoms with E-state index in [0.717, 1.165) is 27.8 Å². The monoisotopic (exact) mass is 477 g/mol. The molecule has 8 heteroatoms. The van der Waals surface area contributed by atoms with E-state index >= 15 is 0 Å². The Balaban J connectivity index is 1.81. The van der Waals surface area contributed by atoms with Crippen LogP contribution in [0.2, 0.25) is 5.02 Å². The molecular weight excluding hydrogens is 450 g/mol. The van der Waals surface area contributed by atoms with Crippen LogP contribution in [0.4, 0.5) is 5.82 Å². The highest BCUT2D eigenvalue weighted by Crippen LogP contribution is 2.24. The smallest absolute Gasteiger partial charge is 0.251 e. The predicted octanol–water partition coefficient (Wildman–Crippen LogP) is 4.36. The lowest BCUT2D eigenvalue weighted by atomic mass is 10.0. The Kier molecular flexibility index (Phi) is 8.15. The molecule has 3 aromatic rings. The van der Waals surface area contributed by atoms with E-state index in [1.54, 1.807) is 37.4 Å². The molecule has 0 spiro atoms. The van der Waals surface area contributed by atoms with E-state index in [2.05, 4.69) is 27.0 Å². The number of anilines is 1. The Morgan fingerprint density at radius 3 is 2.71 bits per heavy atom. The topological polar surface area (TPSA) is 113 Å². The molecule has 0 saturated carbocycles. The average Bonchev–Trinajstić information content (AvgIpc) is 2.79. The van der Waals surface area contributed by atoms with Gasteiger partial charge in [0, 0.05) is 47.1 Å². The zero-order chi connectivity index (χ0) is 24.8. The molecule has 34 heavy (non-hydrogen) atoms. The van der Waals surface area contributed by atoms with Gasteiger partial charge in [-0.15, -0.1) is 0 Å². The number of carbonyl (C=O) groups is 1. The lowest BCUT2D eigenvalue weighted by molar-refractivity contribution is -0.117. The third-order valence-corrected chi connectivity index (χ3v) is 5.75. The molecule has 7 nitrogen and oxygen atoms in total. The molecule has 0 bridgehead atoms. The quantitative estimate of drug-likeness (QED) is 0.253. The summed E-state index contributed by atoms with van der Waals surface area (Å²) in [6, 6.07) is 7.41. The molecule has 0 aliphatic heterocycles. The Labute approximate surface area is 204 Å². The number of carbonyl (C=O) groups excluding carboxylic acids is 1. The van der Waals surface area contributed by atoms with Gasteiger partial charge in [0.1, 0.15) is 5.82 Å². The second-order valence-corrected chi connectivity index (χ2v) is 8.40. The van der Waals surface area contributed by atoms with Crippen LogP contribution in [0, 0.1) is 13.8 Å². The number of halogens is 1. The molecule has 2 aromatic heterocycles. The summed E-state index contributed by atoms with van der Waals surface area (Å²) in [5.41, 5.74) is 11.9. The lowest BCUT2D eigenvalue weighted by Gasteiger charge is -2.12. The van der Waals surface area contributed by atoms with Gasteiger partial charge < -0.3 is 16.2 Å². The largest absolute Gasteiger partial charge is 0.392 e. The highest BCUT2D eigenvalue weighted by Gasteiger charge is 2.12. The van der Waals surface area contributed by atoms with Crippen molar-refractivity contribution in [3.8, 4) is 0 Å². The van der Waals surface area contributed by atoms with Crippen molar-refractivity contribution >= 4 is 40.9 Å². The van der Waals surface area contributed by atoms with E-state index in [9.17, 15) is 9.90 Å². The van der Waals surface area contributed by atoms with Crippen LogP contribution in [-0.4, -0.2) is 27.7 Å². The van der Waals surface area contributed by atoms with Gasteiger partial charge in [0.25, 0.3) is 5.91 Å². The number of rotatable bonds is 8. The number of nitrogens with zero attached hydrogens (tertiary/aromatic N) is 3. The van der Waals surface area contributed by atoms with Crippen molar-refractivity contribution in [1.29, 1.82) is 0 Å². The molecule has 2 heterocycles. The Morgan fingerprint density at radius 2 is 2.06 bits per heavy atom. The number of hydrogen-bond acceptors (Lipinski definition) is 6. The first-order valence-electron chi connectivity index (χ1n) is 10.8. The molecule has 3 rings (SSSR count). The molecule has 0 radical (unpaired) electrons. The average molecular weight is 478 g/mol. The summed E-state index contributed by atoms with van der Waals surface area (Å²) >= 11 is 6.10. The van der Waals surface area contributed by atoms with Crippen LogP contribution >= 0.6 is 11.6 Å². The Bertz CT molecular complexity index is 1290. The summed E-state index contributed by atoms with van der Waals surface area (Å²) in [4.78, 5) is 25.6. The van der Waals surface area contributed by atoms with Gasteiger partial charge in [-0.3, -0.25) is 14.8 Å². The van der Waals surface area contributed by atoms with E-state index in [-0.39, 0.29) is 12.5 Å². The third-order valence-electron chi connectivity index (χ3n) is 5.54. The normalized spacial score (nSPS) is 12.1. The Hall–Kier alpha value is -3.55. The van der Waals surface area contributed by atoms with Crippen LogP contribution in [0.1, 0.15) is 34.9 Å². The van der Waals surface area contributed by atoms with Gasteiger partial charge in [-0.2, -0.15) is 0 Å². The number of aliphatic imine (C=N–C) groups is 1. The number of hydrogen-bond donors (Lipinski definition) is 3. The van der Waals surface area contributed by atoms with Crippen molar-refractivity contribution in [2.75, 3.05) is 5.73 Å². The molecule has 0 unspecified atom stereocenters.